The molecular weight excluding hydrogens is 252 g/mol. The number of nitrogens with one attached hydrogen (secondary N) is 2. The van der Waals surface area contributed by atoms with Crippen molar-refractivity contribution in [3.63, 3.8) is 0 Å². The second-order valence-corrected chi connectivity index (χ2v) is 4.43. The molecule has 0 aliphatic heterocycles. The Hall–Kier alpha value is -2.33. The second-order valence-electron chi connectivity index (χ2n) is 4.43. The summed E-state index contributed by atoms with van der Waals surface area (Å²) >= 11 is 0. The predicted octanol–water partition coefficient (Wildman–Crippen LogP) is 1.95. The van der Waals surface area contributed by atoms with Crippen molar-refractivity contribution in [2.75, 3.05) is 18.5 Å². The first-order valence-electron chi connectivity index (χ1n) is 6.53. The Morgan fingerprint density at radius 1 is 1.00 bits per heavy atom. The lowest BCUT2D eigenvalue weighted by molar-refractivity contribution is -0.120. The molecule has 0 aliphatic carbocycles. The van der Waals surface area contributed by atoms with E-state index >= 15 is 0 Å². The number of carbonyl (C=O) groups is 1. The summed E-state index contributed by atoms with van der Waals surface area (Å²) in [5, 5.41) is 15.2. The molecule has 0 heterocycles. The molecule has 0 unspecified atom stereocenters. The molecule has 3 N–H and O–H groups in total. The largest absolute Gasteiger partial charge is 0.394 e. The molecule has 2 aromatic carbocycles. The van der Waals surface area contributed by atoms with Crippen LogP contribution in [0.25, 0.3) is 0 Å². The van der Waals surface area contributed by atoms with Crippen LogP contribution in [0.2, 0.25) is 0 Å². The van der Waals surface area contributed by atoms with Crippen LogP contribution < -0.4 is 10.6 Å². The molecule has 1 atom stereocenters. The van der Waals surface area contributed by atoms with Crippen molar-refractivity contribution in [1.29, 1.82) is 0 Å². The van der Waals surface area contributed by atoms with E-state index in [-0.39, 0.29) is 25.1 Å². The van der Waals surface area contributed by atoms with Crippen molar-refractivity contribution in [3.8, 4) is 0 Å². The lowest BCUT2D eigenvalue weighted by Crippen LogP contribution is -2.35. The smallest absolute Gasteiger partial charge is 0.239 e. The lowest BCUT2D eigenvalue weighted by atomic mass is 10.1. The Balaban J connectivity index is 1.87. The van der Waals surface area contributed by atoms with Crippen LogP contribution in [0.15, 0.2) is 60.7 Å². The Morgan fingerprint density at radius 3 is 2.20 bits per heavy atom. The first-order chi connectivity index (χ1) is 9.79. The molecule has 0 saturated carbocycles. The fraction of sp³-hybridized carbons (Fsp3) is 0.188. The van der Waals surface area contributed by atoms with E-state index in [0.29, 0.717) is 0 Å². The van der Waals surface area contributed by atoms with E-state index in [1.165, 1.54) is 0 Å². The number of aliphatic hydroxyl groups is 1. The number of rotatable bonds is 6. The molecule has 20 heavy (non-hydrogen) atoms. The van der Waals surface area contributed by atoms with E-state index in [1.807, 2.05) is 60.7 Å². The Morgan fingerprint density at radius 2 is 1.60 bits per heavy atom. The van der Waals surface area contributed by atoms with E-state index in [2.05, 4.69) is 10.6 Å². The maximum absolute atomic E-state index is 11.9. The first-order valence-corrected chi connectivity index (χ1v) is 6.53. The lowest BCUT2D eigenvalue weighted by Gasteiger charge is -2.17. The molecule has 4 nitrogen and oxygen atoms in total. The second kappa shape index (κ2) is 7.31. The fourth-order valence-electron chi connectivity index (χ4n) is 1.90. The number of anilines is 1. The van der Waals surface area contributed by atoms with Crippen molar-refractivity contribution in [2.45, 2.75) is 6.04 Å². The van der Waals surface area contributed by atoms with Gasteiger partial charge in [-0.1, -0.05) is 48.5 Å². The quantitative estimate of drug-likeness (QED) is 0.752. The van der Waals surface area contributed by atoms with Gasteiger partial charge in [0.2, 0.25) is 5.91 Å². The van der Waals surface area contributed by atoms with Gasteiger partial charge in [-0.05, 0) is 17.7 Å². The Bertz CT molecular complexity index is 529. The summed E-state index contributed by atoms with van der Waals surface area (Å²) in [4.78, 5) is 11.9. The third-order valence-corrected chi connectivity index (χ3v) is 2.95. The third-order valence-electron chi connectivity index (χ3n) is 2.95. The molecule has 0 spiro atoms. The monoisotopic (exact) mass is 270 g/mol. The average molecular weight is 270 g/mol. The molecule has 0 aliphatic rings. The summed E-state index contributed by atoms with van der Waals surface area (Å²) in [7, 11) is 0. The number of hydrogen-bond acceptors (Lipinski definition) is 3. The van der Waals surface area contributed by atoms with Gasteiger partial charge in [0.15, 0.2) is 0 Å². The van der Waals surface area contributed by atoms with Gasteiger partial charge in [0.05, 0.1) is 19.2 Å². The molecule has 0 saturated heterocycles. The zero-order valence-electron chi connectivity index (χ0n) is 11.1. The van der Waals surface area contributed by atoms with Gasteiger partial charge in [-0.3, -0.25) is 4.79 Å². The van der Waals surface area contributed by atoms with E-state index in [4.69, 9.17) is 0 Å². The summed E-state index contributed by atoms with van der Waals surface area (Å²) in [5.41, 5.74) is 1.78. The van der Waals surface area contributed by atoms with E-state index in [9.17, 15) is 9.90 Å². The number of para-hydroxylation sites is 1. The number of amides is 1. The van der Waals surface area contributed by atoms with Crippen LogP contribution in [0.5, 0.6) is 0 Å². The molecule has 1 amide bonds. The van der Waals surface area contributed by atoms with Crippen molar-refractivity contribution in [1.82, 2.24) is 5.32 Å². The molecule has 0 radical (unpaired) electrons. The Labute approximate surface area is 118 Å². The van der Waals surface area contributed by atoms with Gasteiger partial charge in [-0.25, -0.2) is 0 Å². The van der Waals surface area contributed by atoms with Crippen molar-refractivity contribution >= 4 is 11.6 Å². The van der Waals surface area contributed by atoms with E-state index in [1.54, 1.807) is 0 Å². The van der Waals surface area contributed by atoms with Gasteiger partial charge in [0.25, 0.3) is 0 Å². The van der Waals surface area contributed by atoms with Crippen molar-refractivity contribution in [2.24, 2.45) is 0 Å². The molecular formula is C16H18N2O2. The molecule has 2 aromatic rings. The summed E-state index contributed by atoms with van der Waals surface area (Å²) in [5.74, 6) is -0.156. The maximum atomic E-state index is 11.9. The standard InChI is InChI=1S/C16H18N2O2/c19-12-15(13-7-3-1-4-8-13)18-16(20)11-17-14-9-5-2-6-10-14/h1-10,15,17,19H,11-12H2,(H,18,20)/t15-/m0/s1. The number of aliphatic hydroxyl groups excluding tert-OH is 1. The highest BCUT2D eigenvalue weighted by molar-refractivity contribution is 5.81. The molecule has 4 heteroatoms. The van der Waals surface area contributed by atoms with Gasteiger partial charge in [-0.2, -0.15) is 0 Å². The average Bonchev–Trinajstić information content (AvgIpc) is 2.52. The minimum absolute atomic E-state index is 0.124. The first kappa shape index (κ1) is 14.1. The van der Waals surface area contributed by atoms with Gasteiger partial charge >= 0.3 is 0 Å². The topological polar surface area (TPSA) is 61.4 Å². The highest BCUT2D eigenvalue weighted by Crippen LogP contribution is 2.11. The predicted molar refractivity (Wildman–Crippen MR) is 79.3 cm³/mol. The molecule has 0 fully saturated rings. The van der Waals surface area contributed by atoms with Crippen LogP contribution >= 0.6 is 0 Å². The van der Waals surface area contributed by atoms with Gasteiger partial charge in [0.1, 0.15) is 0 Å². The molecule has 104 valence electrons. The summed E-state index contributed by atoms with van der Waals surface area (Å²) in [6, 6.07) is 18.6. The number of hydrogen-bond donors (Lipinski definition) is 3. The number of carbonyl (C=O) groups excluding carboxylic acids is 1. The van der Waals surface area contributed by atoms with Crippen LogP contribution in [0.4, 0.5) is 5.69 Å². The maximum Gasteiger partial charge on any atom is 0.239 e. The molecule has 2 rings (SSSR count). The summed E-state index contributed by atoms with van der Waals surface area (Å²) in [6.45, 7) is 0.0500. The zero-order chi connectivity index (χ0) is 14.2. The van der Waals surface area contributed by atoms with E-state index in [0.717, 1.165) is 11.3 Å². The minimum atomic E-state index is -0.374. The van der Waals surface area contributed by atoms with Gasteiger partial charge < -0.3 is 15.7 Å². The van der Waals surface area contributed by atoms with Crippen LogP contribution in [0, 0.1) is 0 Å². The van der Waals surface area contributed by atoms with Crippen LogP contribution in [0.3, 0.4) is 0 Å². The van der Waals surface area contributed by atoms with Crippen LogP contribution in [0.1, 0.15) is 11.6 Å². The minimum Gasteiger partial charge on any atom is -0.394 e. The summed E-state index contributed by atoms with van der Waals surface area (Å²) < 4.78 is 0. The van der Waals surface area contributed by atoms with Crippen LogP contribution in [-0.4, -0.2) is 24.2 Å². The summed E-state index contributed by atoms with van der Waals surface area (Å²) in [6.07, 6.45) is 0. The third kappa shape index (κ3) is 4.10. The van der Waals surface area contributed by atoms with Gasteiger partial charge in [0, 0.05) is 5.69 Å². The zero-order valence-corrected chi connectivity index (χ0v) is 11.1. The highest BCUT2D eigenvalue weighted by atomic mass is 16.3. The van der Waals surface area contributed by atoms with Gasteiger partial charge in [-0.15, -0.1) is 0 Å². The van der Waals surface area contributed by atoms with Crippen LogP contribution in [-0.2, 0) is 4.79 Å². The molecule has 0 aromatic heterocycles. The number of benzene rings is 2. The Kier molecular flexibility index (Phi) is 5.15. The molecule has 0 bridgehead atoms. The SMILES string of the molecule is O=C(CNc1ccccc1)N[C@@H](CO)c1ccccc1. The van der Waals surface area contributed by atoms with Crippen molar-refractivity contribution in [3.05, 3.63) is 66.2 Å². The van der Waals surface area contributed by atoms with Crippen molar-refractivity contribution < 1.29 is 9.90 Å². The fourth-order valence-corrected chi connectivity index (χ4v) is 1.90. The normalized spacial score (nSPS) is 11.7. The highest BCUT2D eigenvalue weighted by Gasteiger charge is 2.12. The van der Waals surface area contributed by atoms with E-state index < -0.39 is 0 Å².